The number of carbonyl (C=O) groups excluding carboxylic acids is 1. The molecule has 0 spiro atoms. The van der Waals surface area contributed by atoms with E-state index in [0.717, 1.165) is 12.8 Å². The van der Waals surface area contributed by atoms with Crippen molar-refractivity contribution < 1.29 is 4.79 Å². The smallest absolute Gasteiger partial charge is 0.226 e. The fourth-order valence-corrected chi connectivity index (χ4v) is 1.98. The molecule has 0 radical (unpaired) electrons. The van der Waals surface area contributed by atoms with Crippen LogP contribution in [0.15, 0.2) is 0 Å². The monoisotopic (exact) mass is 215 g/mol. The van der Waals surface area contributed by atoms with Crippen molar-refractivity contribution in [3.05, 3.63) is 0 Å². The second kappa shape index (κ2) is 5.93. The van der Waals surface area contributed by atoms with Crippen LogP contribution in [0.25, 0.3) is 0 Å². The van der Waals surface area contributed by atoms with Gasteiger partial charge in [0, 0.05) is 6.42 Å². The van der Waals surface area contributed by atoms with Crippen LogP contribution in [0.4, 0.5) is 0 Å². The number of amides is 1. The summed E-state index contributed by atoms with van der Waals surface area (Å²) >= 11 is 4.73. The summed E-state index contributed by atoms with van der Waals surface area (Å²) in [5.41, 5.74) is 2.23. The number of hydrogen-bond acceptors (Lipinski definition) is 3. The first-order valence-corrected chi connectivity index (χ1v) is 5.43. The van der Waals surface area contributed by atoms with Crippen molar-refractivity contribution in [1.29, 1.82) is 0 Å². The number of hydrogen-bond donors (Lipinski definition) is 3. The van der Waals surface area contributed by atoms with E-state index in [1.807, 2.05) is 0 Å². The molecule has 14 heavy (non-hydrogen) atoms. The Bertz CT molecular complexity index is 214. The Hall–Kier alpha value is -0.680. The van der Waals surface area contributed by atoms with E-state index in [2.05, 4.69) is 10.7 Å². The van der Waals surface area contributed by atoms with Crippen LogP contribution in [0.2, 0.25) is 0 Å². The third-order valence-electron chi connectivity index (χ3n) is 2.58. The van der Waals surface area contributed by atoms with Gasteiger partial charge >= 0.3 is 0 Å². The molecule has 0 bridgehead atoms. The Kier molecular flexibility index (Phi) is 4.82. The lowest BCUT2D eigenvalue weighted by atomic mass is 9.87. The molecule has 1 aliphatic rings. The summed E-state index contributed by atoms with van der Waals surface area (Å²) in [4.78, 5) is 11.4. The topological polar surface area (TPSA) is 67.2 Å². The van der Waals surface area contributed by atoms with Crippen LogP contribution in [-0.2, 0) is 4.79 Å². The predicted molar refractivity (Wildman–Crippen MR) is 59.3 cm³/mol. The minimum Gasteiger partial charge on any atom is -0.302 e. The maximum atomic E-state index is 11.4. The van der Waals surface area contributed by atoms with E-state index in [1.54, 1.807) is 0 Å². The van der Waals surface area contributed by atoms with Gasteiger partial charge in [-0.25, -0.2) is 5.84 Å². The number of nitrogens with two attached hydrogens (primary N) is 1. The van der Waals surface area contributed by atoms with Crippen LogP contribution in [-0.4, -0.2) is 11.0 Å². The molecule has 0 aromatic rings. The minimum absolute atomic E-state index is 0.0279. The third-order valence-corrected chi connectivity index (χ3v) is 2.80. The molecule has 0 aromatic heterocycles. The van der Waals surface area contributed by atoms with Crippen LogP contribution in [0.5, 0.6) is 0 Å². The van der Waals surface area contributed by atoms with Gasteiger partial charge in [0.2, 0.25) is 5.91 Å². The number of rotatable bonds is 2. The van der Waals surface area contributed by atoms with Crippen molar-refractivity contribution in [1.82, 2.24) is 10.7 Å². The number of carbonyl (C=O) groups is 1. The van der Waals surface area contributed by atoms with Gasteiger partial charge in [0.05, 0.1) is 0 Å². The molecule has 4 nitrogen and oxygen atoms in total. The van der Waals surface area contributed by atoms with E-state index in [9.17, 15) is 4.79 Å². The molecule has 0 heterocycles. The van der Waals surface area contributed by atoms with Gasteiger partial charge in [-0.3, -0.25) is 4.79 Å². The molecule has 1 fully saturated rings. The van der Waals surface area contributed by atoms with Gasteiger partial charge in [0.1, 0.15) is 0 Å². The quantitative estimate of drug-likeness (QED) is 0.362. The molecule has 0 saturated heterocycles. The second-order valence-electron chi connectivity index (χ2n) is 3.73. The summed E-state index contributed by atoms with van der Waals surface area (Å²) in [7, 11) is 0. The molecule has 0 aromatic carbocycles. The second-order valence-corrected chi connectivity index (χ2v) is 4.14. The summed E-state index contributed by atoms with van der Waals surface area (Å²) in [6.45, 7) is 0. The van der Waals surface area contributed by atoms with Crippen LogP contribution in [0, 0.1) is 5.92 Å². The first-order valence-electron chi connectivity index (χ1n) is 5.03. The fraction of sp³-hybridized carbons (Fsp3) is 0.778. The Morgan fingerprint density at radius 3 is 2.57 bits per heavy atom. The van der Waals surface area contributed by atoms with Crippen LogP contribution >= 0.6 is 12.2 Å². The zero-order chi connectivity index (χ0) is 10.4. The van der Waals surface area contributed by atoms with E-state index < -0.39 is 0 Å². The van der Waals surface area contributed by atoms with E-state index in [1.165, 1.54) is 19.3 Å². The van der Waals surface area contributed by atoms with Crippen LogP contribution in [0.3, 0.4) is 0 Å². The summed E-state index contributed by atoms with van der Waals surface area (Å²) in [5, 5.41) is 2.73. The molecule has 5 heteroatoms. The van der Waals surface area contributed by atoms with Crippen molar-refractivity contribution >= 4 is 23.2 Å². The Labute approximate surface area is 89.6 Å². The maximum Gasteiger partial charge on any atom is 0.226 e. The molecular weight excluding hydrogens is 198 g/mol. The summed E-state index contributed by atoms with van der Waals surface area (Å²) in [6, 6.07) is 0. The van der Waals surface area contributed by atoms with Crippen molar-refractivity contribution in [3.63, 3.8) is 0 Å². The highest BCUT2D eigenvalue weighted by atomic mass is 32.1. The number of thiocarbonyl (C=S) groups is 1. The Morgan fingerprint density at radius 1 is 1.36 bits per heavy atom. The van der Waals surface area contributed by atoms with E-state index in [4.69, 9.17) is 18.1 Å². The van der Waals surface area contributed by atoms with E-state index in [-0.39, 0.29) is 11.0 Å². The Balaban J connectivity index is 2.21. The summed E-state index contributed by atoms with van der Waals surface area (Å²) in [5.74, 6) is 5.55. The van der Waals surface area contributed by atoms with Crippen molar-refractivity contribution in [3.8, 4) is 0 Å². The minimum atomic E-state index is -0.0279. The molecule has 0 unspecified atom stereocenters. The van der Waals surface area contributed by atoms with Gasteiger partial charge in [-0.1, -0.05) is 19.3 Å². The van der Waals surface area contributed by atoms with E-state index in [0.29, 0.717) is 12.3 Å². The van der Waals surface area contributed by atoms with Gasteiger partial charge in [-0.15, -0.1) is 0 Å². The summed E-state index contributed by atoms with van der Waals surface area (Å²) in [6.07, 6.45) is 6.70. The molecular formula is C9H17N3OS. The first-order chi connectivity index (χ1) is 6.72. The fourth-order valence-electron chi connectivity index (χ4n) is 1.87. The van der Waals surface area contributed by atoms with Crippen LogP contribution < -0.4 is 16.6 Å². The van der Waals surface area contributed by atoms with Gasteiger partial charge < -0.3 is 10.7 Å². The highest BCUT2D eigenvalue weighted by Crippen LogP contribution is 2.25. The Morgan fingerprint density at radius 2 is 2.00 bits per heavy atom. The molecule has 4 N–H and O–H groups in total. The normalized spacial score (nSPS) is 17.5. The molecule has 1 amide bonds. The zero-order valence-corrected chi connectivity index (χ0v) is 9.03. The predicted octanol–water partition coefficient (Wildman–Crippen LogP) is 0.821. The lowest BCUT2D eigenvalue weighted by Gasteiger charge is -2.20. The number of hydrazine groups is 1. The summed E-state index contributed by atoms with van der Waals surface area (Å²) < 4.78 is 0. The average Bonchev–Trinajstić information content (AvgIpc) is 2.19. The molecule has 1 saturated carbocycles. The molecule has 1 aliphatic carbocycles. The highest BCUT2D eigenvalue weighted by Gasteiger charge is 2.17. The van der Waals surface area contributed by atoms with E-state index >= 15 is 0 Å². The van der Waals surface area contributed by atoms with Gasteiger partial charge in [0.25, 0.3) is 0 Å². The van der Waals surface area contributed by atoms with Crippen molar-refractivity contribution in [2.24, 2.45) is 11.8 Å². The zero-order valence-electron chi connectivity index (χ0n) is 8.21. The lowest BCUT2D eigenvalue weighted by molar-refractivity contribution is -0.120. The van der Waals surface area contributed by atoms with Crippen molar-refractivity contribution in [2.75, 3.05) is 0 Å². The highest BCUT2D eigenvalue weighted by molar-refractivity contribution is 7.80. The average molecular weight is 215 g/mol. The van der Waals surface area contributed by atoms with Crippen LogP contribution in [0.1, 0.15) is 38.5 Å². The first kappa shape index (κ1) is 11.4. The molecule has 1 rings (SSSR count). The lowest BCUT2D eigenvalue weighted by Crippen LogP contribution is -2.43. The van der Waals surface area contributed by atoms with Crippen molar-refractivity contribution in [2.45, 2.75) is 38.5 Å². The maximum absolute atomic E-state index is 11.4. The number of nitrogens with one attached hydrogen (secondary N) is 2. The third kappa shape index (κ3) is 4.02. The van der Waals surface area contributed by atoms with Gasteiger partial charge in [-0.2, -0.15) is 0 Å². The molecule has 0 atom stereocenters. The standard InChI is InChI=1S/C9H17N3OS/c10-12-9(14)11-8(13)6-7-4-2-1-3-5-7/h7H,1-6,10H2,(H2,11,12,13,14). The SMILES string of the molecule is NNC(=S)NC(=O)CC1CCCCC1. The molecule has 0 aliphatic heterocycles. The largest absolute Gasteiger partial charge is 0.302 e. The molecule has 80 valence electrons. The van der Waals surface area contributed by atoms with Gasteiger partial charge in [0.15, 0.2) is 5.11 Å². The van der Waals surface area contributed by atoms with Gasteiger partial charge in [-0.05, 0) is 31.0 Å².